The van der Waals surface area contributed by atoms with Gasteiger partial charge in [-0.25, -0.2) is 18.6 Å². The normalized spacial score (nSPS) is 17.8. The van der Waals surface area contributed by atoms with Gasteiger partial charge in [0.1, 0.15) is 29.5 Å². The van der Waals surface area contributed by atoms with Crippen LogP contribution in [0.5, 0.6) is 5.75 Å². The minimum absolute atomic E-state index is 0.102. The van der Waals surface area contributed by atoms with E-state index in [1.54, 1.807) is 44.4 Å². The van der Waals surface area contributed by atoms with Gasteiger partial charge in [0.05, 0.1) is 28.5 Å². The quantitative estimate of drug-likeness (QED) is 0.332. The third kappa shape index (κ3) is 7.32. The van der Waals surface area contributed by atoms with Crippen molar-refractivity contribution >= 4 is 30.2 Å². The average Bonchev–Trinajstić information content (AvgIpc) is 3.39. The van der Waals surface area contributed by atoms with Crippen LogP contribution in [0.25, 0.3) is 5.65 Å². The Morgan fingerprint density at radius 3 is 2.41 bits per heavy atom. The van der Waals surface area contributed by atoms with E-state index < -0.39 is 54.1 Å². The molecule has 1 saturated heterocycles. The Kier molecular flexibility index (Phi) is 9.32. The van der Waals surface area contributed by atoms with Gasteiger partial charge in [0, 0.05) is 18.2 Å². The van der Waals surface area contributed by atoms with E-state index in [1.165, 1.54) is 6.07 Å². The van der Waals surface area contributed by atoms with Crippen LogP contribution in [0.2, 0.25) is 0 Å². The molecule has 3 heterocycles. The lowest BCUT2D eigenvalue weighted by Gasteiger charge is -2.31. The summed E-state index contributed by atoms with van der Waals surface area (Å²) in [6.07, 6.45) is 1.36. The van der Waals surface area contributed by atoms with Crippen LogP contribution in [-0.2, 0) is 20.7 Å². The van der Waals surface area contributed by atoms with Crippen molar-refractivity contribution in [1.29, 1.82) is 0 Å². The lowest BCUT2D eigenvalue weighted by Crippen LogP contribution is -2.54. The number of pyridine rings is 1. The fourth-order valence-corrected chi connectivity index (χ4v) is 4.64. The first kappa shape index (κ1) is 33.2. The van der Waals surface area contributed by atoms with E-state index in [1.807, 2.05) is 34.6 Å². The molecule has 3 aromatic rings. The zero-order valence-electron chi connectivity index (χ0n) is 26.8. The molecule has 0 spiro atoms. The van der Waals surface area contributed by atoms with Crippen LogP contribution in [-0.4, -0.2) is 57.9 Å². The van der Waals surface area contributed by atoms with Gasteiger partial charge in [0.15, 0.2) is 11.4 Å². The summed E-state index contributed by atoms with van der Waals surface area (Å²) in [7, 11) is -0.794. The number of alkyl carbamates (subject to hydrolysis) is 1. The van der Waals surface area contributed by atoms with Crippen LogP contribution < -0.4 is 20.8 Å². The molecule has 4 rings (SSSR count). The Labute approximate surface area is 256 Å². The first-order valence-electron chi connectivity index (χ1n) is 14.6. The molecule has 2 N–H and O–H groups in total. The first-order chi connectivity index (χ1) is 20.4. The molecule has 1 aliphatic heterocycles. The molecule has 1 fully saturated rings. The van der Waals surface area contributed by atoms with Crippen LogP contribution in [0.4, 0.5) is 13.6 Å². The molecule has 13 heteroatoms. The third-order valence-electron chi connectivity index (χ3n) is 7.74. The van der Waals surface area contributed by atoms with E-state index in [9.17, 15) is 18.4 Å². The number of nitrogens with one attached hydrogen (secondary N) is 2. The summed E-state index contributed by atoms with van der Waals surface area (Å²) < 4.78 is 53.9. The molecule has 2 aromatic heterocycles. The molecule has 2 amide bonds. The van der Waals surface area contributed by atoms with Crippen molar-refractivity contribution in [1.82, 2.24) is 20.0 Å². The van der Waals surface area contributed by atoms with E-state index in [0.717, 1.165) is 12.1 Å². The topological polar surface area (TPSA) is 112 Å². The van der Waals surface area contributed by atoms with Crippen molar-refractivity contribution in [2.24, 2.45) is 0 Å². The van der Waals surface area contributed by atoms with Crippen molar-refractivity contribution in [3.8, 4) is 5.75 Å². The van der Waals surface area contributed by atoms with Gasteiger partial charge >= 0.3 is 13.2 Å². The standard InChI is InChI=1S/C31H41BF2N4O6/c1-10-31(9,37-28(40)42-29(4,5)6)17-35-27(39)25-18(2)36-26-24(41-16-21-22(33)12-11-13-23(21)34)14-20(15-38(25)26)32-43-19(3)30(7,8)44-32/h11-15,19H,10,16-17H2,1-9H3,(H,35,39)(H,37,40). The molecule has 0 bridgehead atoms. The zero-order chi connectivity index (χ0) is 32.6. The maximum atomic E-state index is 14.4. The van der Waals surface area contributed by atoms with Gasteiger partial charge < -0.3 is 29.4 Å². The number of ether oxygens (including phenoxy) is 2. The number of hydrogen-bond donors (Lipinski definition) is 2. The Morgan fingerprint density at radius 1 is 1.18 bits per heavy atom. The summed E-state index contributed by atoms with van der Waals surface area (Å²) in [5.74, 6) is -1.75. The second-order valence-corrected chi connectivity index (χ2v) is 12.9. The van der Waals surface area contributed by atoms with E-state index in [2.05, 4.69) is 15.6 Å². The van der Waals surface area contributed by atoms with E-state index >= 15 is 0 Å². The monoisotopic (exact) mass is 614 g/mol. The highest BCUT2D eigenvalue weighted by atomic mass is 19.1. The molecule has 10 nitrogen and oxygen atoms in total. The zero-order valence-corrected chi connectivity index (χ0v) is 26.8. The number of rotatable bonds is 9. The molecule has 1 aromatic carbocycles. The van der Waals surface area contributed by atoms with Gasteiger partial charge in [-0.15, -0.1) is 0 Å². The van der Waals surface area contributed by atoms with Crippen LogP contribution in [0, 0.1) is 18.6 Å². The van der Waals surface area contributed by atoms with Crippen molar-refractivity contribution in [2.45, 2.75) is 98.2 Å². The number of imidazole rings is 1. The summed E-state index contributed by atoms with van der Waals surface area (Å²) in [4.78, 5) is 30.7. The molecule has 0 saturated carbocycles. The molecule has 1 aliphatic rings. The van der Waals surface area contributed by atoms with Gasteiger partial charge in [-0.1, -0.05) is 13.0 Å². The smallest absolute Gasteiger partial charge is 0.485 e. The highest BCUT2D eigenvalue weighted by Gasteiger charge is 2.44. The predicted octanol–water partition coefficient (Wildman–Crippen LogP) is 4.83. The SMILES string of the molecule is CCC(C)(CNC(=O)c1c(C)nc2c(OCc3c(F)cccc3F)cc(B3OC(C)C(C)(C)O3)cn12)NC(=O)OC(C)(C)C. The minimum Gasteiger partial charge on any atom is -0.485 e. The highest BCUT2D eigenvalue weighted by molar-refractivity contribution is 6.62. The fraction of sp³-hybridized carbons (Fsp3) is 0.516. The Hall–Kier alpha value is -3.71. The first-order valence-corrected chi connectivity index (χ1v) is 14.6. The maximum Gasteiger partial charge on any atom is 0.496 e. The largest absolute Gasteiger partial charge is 0.496 e. The Balaban J connectivity index is 1.67. The van der Waals surface area contributed by atoms with Crippen LogP contribution in [0.3, 0.4) is 0 Å². The number of aryl methyl sites for hydroxylation is 1. The minimum atomic E-state index is -0.803. The summed E-state index contributed by atoms with van der Waals surface area (Å²) in [5, 5.41) is 5.75. The molecule has 0 radical (unpaired) electrons. The van der Waals surface area contributed by atoms with Crippen molar-refractivity contribution in [3.63, 3.8) is 0 Å². The van der Waals surface area contributed by atoms with E-state index in [-0.39, 0.29) is 35.3 Å². The van der Waals surface area contributed by atoms with Gasteiger partial charge in [0.25, 0.3) is 5.91 Å². The Morgan fingerprint density at radius 2 is 1.84 bits per heavy atom. The number of carbonyl (C=O) groups excluding carboxylic acids is 2. The number of carbonyl (C=O) groups is 2. The number of benzene rings is 1. The number of hydrogen-bond acceptors (Lipinski definition) is 7. The van der Waals surface area contributed by atoms with Crippen molar-refractivity contribution < 1.29 is 37.2 Å². The number of halogens is 2. The van der Waals surface area contributed by atoms with Gasteiger partial charge in [-0.3, -0.25) is 9.20 Å². The van der Waals surface area contributed by atoms with Crippen LogP contribution in [0.1, 0.15) is 83.6 Å². The summed E-state index contributed by atoms with van der Waals surface area (Å²) >= 11 is 0. The van der Waals surface area contributed by atoms with Gasteiger partial charge in [-0.2, -0.15) is 0 Å². The number of amides is 2. The molecule has 2 unspecified atom stereocenters. The number of aromatic nitrogens is 2. The molecule has 0 aliphatic carbocycles. The molecular formula is C31H41BF2N4O6. The van der Waals surface area contributed by atoms with E-state index in [4.69, 9.17) is 18.8 Å². The highest BCUT2D eigenvalue weighted by Crippen LogP contribution is 2.29. The predicted molar refractivity (Wildman–Crippen MR) is 162 cm³/mol. The van der Waals surface area contributed by atoms with Gasteiger partial charge in [-0.05, 0) is 80.0 Å². The molecule has 44 heavy (non-hydrogen) atoms. The fourth-order valence-electron chi connectivity index (χ4n) is 4.64. The second-order valence-electron chi connectivity index (χ2n) is 12.9. The van der Waals surface area contributed by atoms with Crippen molar-refractivity contribution in [3.05, 3.63) is 59.0 Å². The maximum absolute atomic E-state index is 14.4. The lowest BCUT2D eigenvalue weighted by atomic mass is 9.80. The third-order valence-corrected chi connectivity index (χ3v) is 7.74. The van der Waals surface area contributed by atoms with Crippen LogP contribution >= 0.6 is 0 Å². The number of nitrogens with zero attached hydrogens (tertiary/aromatic N) is 2. The van der Waals surface area contributed by atoms with Gasteiger partial charge in [0.2, 0.25) is 0 Å². The Bertz CT molecular complexity index is 1540. The second kappa shape index (κ2) is 12.4. The lowest BCUT2D eigenvalue weighted by molar-refractivity contribution is 0.0456. The summed E-state index contributed by atoms with van der Waals surface area (Å²) in [6.45, 7) is 16.1. The molecule has 2 atom stereocenters. The van der Waals surface area contributed by atoms with Crippen molar-refractivity contribution in [2.75, 3.05) is 6.54 Å². The summed E-state index contributed by atoms with van der Waals surface area (Å²) in [6, 6.07) is 5.22. The molecular weight excluding hydrogens is 573 g/mol. The average molecular weight is 614 g/mol. The van der Waals surface area contributed by atoms with E-state index in [0.29, 0.717) is 17.6 Å². The molecule has 238 valence electrons. The number of fused-ring (bicyclic) bond motifs is 1. The van der Waals surface area contributed by atoms with Crippen LogP contribution in [0.15, 0.2) is 30.5 Å². The summed E-state index contributed by atoms with van der Waals surface area (Å²) in [5.41, 5.74) is -0.913.